The highest BCUT2D eigenvalue weighted by atomic mass is 35.5. The van der Waals surface area contributed by atoms with E-state index in [0.29, 0.717) is 13.0 Å². The van der Waals surface area contributed by atoms with Gasteiger partial charge >= 0.3 is 11.9 Å². The van der Waals surface area contributed by atoms with Gasteiger partial charge in [-0.2, -0.15) is 0 Å². The molecular weight excluding hydrogens is 236 g/mol. The van der Waals surface area contributed by atoms with Crippen molar-refractivity contribution >= 4 is 23.5 Å². The second-order valence-electron chi connectivity index (χ2n) is 4.36. The zero-order valence-corrected chi connectivity index (χ0v) is 9.18. The van der Waals surface area contributed by atoms with Gasteiger partial charge in [-0.25, -0.2) is 0 Å². The van der Waals surface area contributed by atoms with Crippen molar-refractivity contribution in [2.45, 2.75) is 24.7 Å². The van der Waals surface area contributed by atoms with E-state index in [1.165, 1.54) is 0 Å². The lowest BCUT2D eigenvalue weighted by Gasteiger charge is -2.24. The third kappa shape index (κ3) is 1.34. The van der Waals surface area contributed by atoms with Gasteiger partial charge in [-0.3, -0.25) is 9.59 Å². The summed E-state index contributed by atoms with van der Waals surface area (Å²) in [6, 6.07) is 0. The molecule has 88 valence electrons. The van der Waals surface area contributed by atoms with Gasteiger partial charge in [0.25, 0.3) is 0 Å². The first-order chi connectivity index (χ1) is 7.70. The highest BCUT2D eigenvalue weighted by molar-refractivity contribution is 6.26. The van der Waals surface area contributed by atoms with Crippen LogP contribution in [0, 0.1) is 11.8 Å². The van der Waals surface area contributed by atoms with Crippen LogP contribution in [0.15, 0.2) is 0 Å². The predicted octanol–water partition coefficient (Wildman–Crippen LogP) is 0.0973. The van der Waals surface area contributed by atoms with Crippen molar-refractivity contribution in [1.29, 1.82) is 0 Å². The molecule has 0 aliphatic carbocycles. The summed E-state index contributed by atoms with van der Waals surface area (Å²) >= 11 is 5.37. The number of hydrogen-bond acceptors (Lipinski definition) is 5. The summed E-state index contributed by atoms with van der Waals surface area (Å²) in [5.41, 5.74) is 0. The number of carbonyl (C=O) groups excluding carboxylic acids is 2. The maximum absolute atomic E-state index is 11.5. The number of cyclic esters (lactones) is 1. The Morgan fingerprint density at radius 2 is 2.38 bits per heavy atom. The molecule has 16 heavy (non-hydrogen) atoms. The van der Waals surface area contributed by atoms with Gasteiger partial charge in [0.15, 0.2) is 0 Å². The molecule has 0 spiro atoms. The molecule has 3 saturated heterocycles. The Balaban J connectivity index is 1.73. The summed E-state index contributed by atoms with van der Waals surface area (Å²) in [5.74, 6) is -0.989. The maximum Gasteiger partial charge on any atom is 0.321 e. The molecule has 3 aliphatic rings. The van der Waals surface area contributed by atoms with Crippen LogP contribution >= 0.6 is 11.6 Å². The Morgan fingerprint density at radius 3 is 3.12 bits per heavy atom. The lowest BCUT2D eigenvalue weighted by Crippen LogP contribution is -2.40. The molecule has 0 saturated carbocycles. The molecule has 0 aromatic carbocycles. The summed E-state index contributed by atoms with van der Waals surface area (Å²) in [7, 11) is 0. The highest BCUT2D eigenvalue weighted by Gasteiger charge is 2.61. The minimum atomic E-state index is -0.467. The fourth-order valence-electron chi connectivity index (χ4n) is 2.88. The molecule has 6 heteroatoms. The molecule has 3 rings (SSSR count). The van der Waals surface area contributed by atoms with E-state index in [0.717, 1.165) is 0 Å². The first kappa shape index (κ1) is 10.4. The molecule has 5 unspecified atom stereocenters. The smallest absolute Gasteiger partial charge is 0.321 e. The summed E-state index contributed by atoms with van der Waals surface area (Å²) in [4.78, 5) is 22.6. The van der Waals surface area contributed by atoms with Crippen LogP contribution in [0.1, 0.15) is 6.42 Å². The molecule has 2 bridgehead atoms. The van der Waals surface area contributed by atoms with Crippen LogP contribution in [-0.2, 0) is 23.8 Å². The molecule has 5 atom stereocenters. The quantitative estimate of drug-likeness (QED) is 0.511. The minimum absolute atomic E-state index is 0.0189. The fraction of sp³-hybridized carbons (Fsp3) is 0.800. The van der Waals surface area contributed by atoms with Crippen LogP contribution < -0.4 is 0 Å². The van der Waals surface area contributed by atoms with Gasteiger partial charge in [-0.15, -0.1) is 11.6 Å². The Hall–Kier alpha value is -0.810. The number of rotatable bonds is 2. The Bertz CT molecular complexity index is 344. The molecule has 0 aromatic heterocycles. The van der Waals surface area contributed by atoms with Gasteiger partial charge in [0.1, 0.15) is 18.1 Å². The molecule has 0 aromatic rings. The average molecular weight is 247 g/mol. The van der Waals surface area contributed by atoms with Gasteiger partial charge in [-0.1, -0.05) is 0 Å². The SMILES string of the molecule is O=C(CCl)OC1CC2OC1C1C(=O)OCC21. The fourth-order valence-corrected chi connectivity index (χ4v) is 2.95. The van der Waals surface area contributed by atoms with E-state index in [2.05, 4.69) is 0 Å². The zero-order valence-electron chi connectivity index (χ0n) is 8.43. The monoisotopic (exact) mass is 246 g/mol. The topological polar surface area (TPSA) is 61.8 Å². The number of carbonyl (C=O) groups is 2. The molecule has 0 radical (unpaired) electrons. The lowest BCUT2D eigenvalue weighted by molar-refractivity contribution is -0.154. The van der Waals surface area contributed by atoms with E-state index in [4.69, 9.17) is 25.8 Å². The summed E-state index contributed by atoms with van der Waals surface area (Å²) < 4.78 is 15.8. The lowest BCUT2D eigenvalue weighted by atomic mass is 9.80. The summed E-state index contributed by atoms with van der Waals surface area (Å²) in [6.07, 6.45) is -0.0552. The van der Waals surface area contributed by atoms with E-state index in [1.807, 2.05) is 0 Å². The van der Waals surface area contributed by atoms with E-state index in [-0.39, 0.29) is 42.0 Å². The Kier molecular flexibility index (Phi) is 2.33. The van der Waals surface area contributed by atoms with Crippen molar-refractivity contribution < 1.29 is 23.8 Å². The minimum Gasteiger partial charge on any atom is -0.465 e. The average Bonchev–Trinajstić information content (AvgIpc) is 2.91. The number of fused-ring (bicyclic) bond motifs is 5. The Morgan fingerprint density at radius 1 is 1.56 bits per heavy atom. The first-order valence-corrected chi connectivity index (χ1v) is 5.81. The van der Waals surface area contributed by atoms with E-state index >= 15 is 0 Å². The normalized spacial score (nSPS) is 44.3. The molecule has 5 nitrogen and oxygen atoms in total. The van der Waals surface area contributed by atoms with Gasteiger partial charge in [-0.05, 0) is 0 Å². The van der Waals surface area contributed by atoms with Crippen LogP contribution in [0.4, 0.5) is 0 Å². The van der Waals surface area contributed by atoms with Crippen molar-refractivity contribution in [1.82, 2.24) is 0 Å². The van der Waals surface area contributed by atoms with Crippen LogP contribution in [0.25, 0.3) is 0 Å². The molecular formula is C10H11ClO5. The van der Waals surface area contributed by atoms with Crippen LogP contribution in [0.5, 0.6) is 0 Å². The zero-order chi connectivity index (χ0) is 11.3. The van der Waals surface area contributed by atoms with Gasteiger partial charge in [0.05, 0.1) is 18.6 Å². The van der Waals surface area contributed by atoms with Crippen LogP contribution in [-0.4, -0.2) is 42.7 Å². The van der Waals surface area contributed by atoms with Crippen molar-refractivity contribution in [3.63, 3.8) is 0 Å². The Labute approximate surface area is 97.0 Å². The van der Waals surface area contributed by atoms with Crippen molar-refractivity contribution in [2.24, 2.45) is 11.8 Å². The summed E-state index contributed by atoms with van der Waals surface area (Å²) in [5, 5.41) is 0. The third-order valence-corrected chi connectivity index (χ3v) is 3.76. The van der Waals surface area contributed by atoms with E-state index < -0.39 is 5.97 Å². The molecule has 3 heterocycles. The second-order valence-corrected chi connectivity index (χ2v) is 4.62. The number of ether oxygens (including phenoxy) is 3. The maximum atomic E-state index is 11.5. The molecule has 3 fully saturated rings. The number of halogens is 1. The molecule has 3 aliphatic heterocycles. The van der Waals surface area contributed by atoms with Gasteiger partial charge in [0.2, 0.25) is 0 Å². The van der Waals surface area contributed by atoms with Crippen LogP contribution in [0.3, 0.4) is 0 Å². The number of hydrogen-bond donors (Lipinski definition) is 0. The summed E-state index contributed by atoms with van der Waals surface area (Å²) in [6.45, 7) is 0.431. The van der Waals surface area contributed by atoms with E-state index in [1.54, 1.807) is 0 Å². The van der Waals surface area contributed by atoms with Gasteiger partial charge < -0.3 is 14.2 Å². The van der Waals surface area contributed by atoms with Crippen molar-refractivity contribution in [2.75, 3.05) is 12.5 Å². The van der Waals surface area contributed by atoms with Gasteiger partial charge in [0, 0.05) is 12.3 Å². The van der Waals surface area contributed by atoms with Crippen molar-refractivity contribution in [3.8, 4) is 0 Å². The predicted molar refractivity (Wildman–Crippen MR) is 51.8 cm³/mol. The molecule has 0 N–H and O–H groups in total. The van der Waals surface area contributed by atoms with Crippen molar-refractivity contribution in [3.05, 3.63) is 0 Å². The highest BCUT2D eigenvalue weighted by Crippen LogP contribution is 2.48. The number of esters is 2. The first-order valence-electron chi connectivity index (χ1n) is 5.28. The molecule has 0 amide bonds. The number of alkyl halides is 1. The third-order valence-electron chi connectivity index (χ3n) is 3.54. The largest absolute Gasteiger partial charge is 0.465 e. The standard InChI is InChI=1S/C10H11ClO5/c11-2-7(12)15-6-1-5-4-3-14-10(13)8(4)9(6)16-5/h4-6,8-9H,1-3H2. The van der Waals surface area contributed by atoms with E-state index in [9.17, 15) is 9.59 Å². The van der Waals surface area contributed by atoms with Crippen LogP contribution in [0.2, 0.25) is 0 Å². The second kappa shape index (κ2) is 3.60.